The van der Waals surface area contributed by atoms with Crippen molar-refractivity contribution in [3.8, 4) is 0 Å². The van der Waals surface area contributed by atoms with Crippen molar-refractivity contribution in [3.63, 3.8) is 0 Å². The van der Waals surface area contributed by atoms with Crippen molar-refractivity contribution in [2.45, 2.75) is 151 Å². The van der Waals surface area contributed by atoms with Crippen LogP contribution in [-0.2, 0) is 61.7 Å². The van der Waals surface area contributed by atoms with E-state index < -0.39 is 36.1 Å². The first-order valence-corrected chi connectivity index (χ1v) is 17.8. The topological polar surface area (TPSA) is 136 Å². The minimum atomic E-state index is -2.11. The van der Waals surface area contributed by atoms with Gasteiger partial charge < -0.3 is 52.1 Å². The third-order valence-corrected chi connectivity index (χ3v) is 6.59. The predicted molar refractivity (Wildman–Crippen MR) is 175 cm³/mol. The maximum atomic E-state index is 13.3. The number of rotatable bonds is 33. The fraction of sp³-hybridized carbons (Fsp3) is 0.941. The summed E-state index contributed by atoms with van der Waals surface area (Å²) in [6.07, 6.45) is 4.67. The predicted octanol–water partition coefficient (Wildman–Crippen LogP) is 6.59. The van der Waals surface area contributed by atoms with E-state index in [0.29, 0.717) is 25.9 Å². The maximum Gasteiger partial charge on any atom is 0.416 e. The van der Waals surface area contributed by atoms with E-state index >= 15 is 0 Å². The summed E-state index contributed by atoms with van der Waals surface area (Å²) < 4.78 is 64.9. The van der Waals surface area contributed by atoms with Gasteiger partial charge in [0.05, 0.1) is 19.8 Å². The van der Waals surface area contributed by atoms with E-state index in [0.717, 1.165) is 32.1 Å². The molecule has 280 valence electrons. The molecule has 0 aliphatic rings. The molecule has 0 spiro atoms. The van der Waals surface area contributed by atoms with E-state index in [9.17, 15) is 9.59 Å². The average molecular weight is 683 g/mol. The molecule has 0 aliphatic carbocycles. The molecule has 13 nitrogen and oxygen atoms in total. The van der Waals surface area contributed by atoms with Crippen LogP contribution in [0.2, 0.25) is 0 Å². The highest BCUT2D eigenvalue weighted by Crippen LogP contribution is 2.37. The van der Waals surface area contributed by atoms with Crippen LogP contribution in [0.4, 0.5) is 0 Å². The largest absolute Gasteiger partial charge is 0.427 e. The van der Waals surface area contributed by atoms with E-state index in [2.05, 4.69) is 13.8 Å². The molecule has 47 heavy (non-hydrogen) atoms. The second kappa shape index (κ2) is 27.4. The number of hydrogen-bond acceptors (Lipinski definition) is 13. The fourth-order valence-electron chi connectivity index (χ4n) is 4.65. The van der Waals surface area contributed by atoms with Crippen molar-refractivity contribution >= 4 is 11.9 Å². The zero-order chi connectivity index (χ0) is 35.4. The fourth-order valence-corrected chi connectivity index (χ4v) is 4.65. The maximum absolute atomic E-state index is 13.3. The molecule has 0 fully saturated rings. The van der Waals surface area contributed by atoms with Gasteiger partial charge in [0.25, 0.3) is 6.29 Å². The average Bonchev–Trinajstić information content (AvgIpc) is 3.03. The smallest absolute Gasteiger partial charge is 0.416 e. The Bertz CT molecular complexity index is 747. The summed E-state index contributed by atoms with van der Waals surface area (Å²) >= 11 is 0. The van der Waals surface area contributed by atoms with Gasteiger partial charge in [0, 0.05) is 52.5 Å². The third-order valence-electron chi connectivity index (χ3n) is 6.59. The SMILES string of the molecule is CCCCCOC(OC(=O)CCCCC(=O)OC(OCC)(OCCCCC)C(OCC)(OCC)OCC)C(OCC)(OCC)OCC. The molecule has 0 aromatic rings. The lowest BCUT2D eigenvalue weighted by Crippen LogP contribution is -2.65. The third kappa shape index (κ3) is 16.2. The van der Waals surface area contributed by atoms with Gasteiger partial charge in [0.2, 0.25) is 0 Å². The molecule has 0 amide bonds. The summed E-state index contributed by atoms with van der Waals surface area (Å²) in [7, 11) is 0. The highest BCUT2D eigenvalue weighted by atomic mass is 17.0. The van der Waals surface area contributed by atoms with E-state index in [1.165, 1.54) is 0 Å². The highest BCUT2D eigenvalue weighted by Gasteiger charge is 2.63. The van der Waals surface area contributed by atoms with Crippen LogP contribution >= 0.6 is 0 Å². The van der Waals surface area contributed by atoms with E-state index in [-0.39, 0.29) is 65.7 Å². The summed E-state index contributed by atoms with van der Waals surface area (Å²) in [4.78, 5) is 26.3. The van der Waals surface area contributed by atoms with Crippen molar-refractivity contribution in [1.82, 2.24) is 0 Å². The molecule has 2 unspecified atom stereocenters. The Balaban J connectivity index is 5.71. The minimum Gasteiger partial charge on any atom is -0.427 e. The summed E-state index contributed by atoms with van der Waals surface area (Å²) in [5.74, 6) is -6.94. The van der Waals surface area contributed by atoms with Crippen LogP contribution < -0.4 is 0 Å². The molecule has 0 aromatic carbocycles. The van der Waals surface area contributed by atoms with Gasteiger partial charge in [-0.05, 0) is 74.1 Å². The standard InChI is InChI=1S/C34H66O13/c1-10-19-23-27-37-31(32(38-12-3,39-13-4)40-14-5)46-29(35)25-21-22-26-30(36)47-34(44-18-9,45-28-24-20-11-2)33(41-15-6,42-16-7)43-17-8/h31H,10-28H2,1-9H3. The van der Waals surface area contributed by atoms with Crippen molar-refractivity contribution in [2.75, 3.05) is 59.5 Å². The summed E-state index contributed by atoms with van der Waals surface area (Å²) in [6, 6.07) is 0. The molecule has 13 heteroatoms. The second-order valence-electron chi connectivity index (χ2n) is 10.4. The van der Waals surface area contributed by atoms with E-state index in [1.807, 2.05) is 0 Å². The highest BCUT2D eigenvalue weighted by molar-refractivity contribution is 5.71. The summed E-state index contributed by atoms with van der Waals surface area (Å²) in [5.41, 5.74) is 0. The van der Waals surface area contributed by atoms with Crippen molar-refractivity contribution in [1.29, 1.82) is 0 Å². The normalized spacial score (nSPS) is 14.1. The lowest BCUT2D eigenvalue weighted by atomic mass is 10.2. The molecule has 0 heterocycles. The molecule has 0 saturated heterocycles. The number of esters is 2. The molecular formula is C34H66O13. The lowest BCUT2D eigenvalue weighted by molar-refractivity contribution is -0.550. The molecular weight excluding hydrogens is 616 g/mol. The Morgan fingerprint density at radius 1 is 0.468 bits per heavy atom. The van der Waals surface area contributed by atoms with Gasteiger partial charge in [0.1, 0.15) is 0 Å². The van der Waals surface area contributed by atoms with Gasteiger partial charge in [-0.1, -0.05) is 39.5 Å². The van der Waals surface area contributed by atoms with Crippen molar-refractivity contribution < 1.29 is 61.7 Å². The van der Waals surface area contributed by atoms with Crippen LogP contribution in [0.3, 0.4) is 0 Å². The van der Waals surface area contributed by atoms with Gasteiger partial charge in [-0.25, -0.2) is 0 Å². The Morgan fingerprint density at radius 3 is 1.34 bits per heavy atom. The van der Waals surface area contributed by atoms with Gasteiger partial charge in [-0.2, -0.15) is 0 Å². The van der Waals surface area contributed by atoms with Gasteiger partial charge in [0.15, 0.2) is 0 Å². The molecule has 0 aromatic heterocycles. The van der Waals surface area contributed by atoms with E-state index in [4.69, 9.17) is 52.1 Å². The first-order chi connectivity index (χ1) is 22.7. The number of carbonyl (C=O) groups is 2. The van der Waals surface area contributed by atoms with Crippen molar-refractivity contribution in [3.05, 3.63) is 0 Å². The van der Waals surface area contributed by atoms with Crippen LogP contribution in [0.15, 0.2) is 0 Å². The van der Waals surface area contributed by atoms with Crippen LogP contribution in [0.25, 0.3) is 0 Å². The Morgan fingerprint density at radius 2 is 0.894 bits per heavy atom. The van der Waals surface area contributed by atoms with E-state index in [1.54, 1.807) is 48.5 Å². The van der Waals surface area contributed by atoms with Gasteiger partial charge in [-0.15, -0.1) is 0 Å². The first-order valence-electron chi connectivity index (χ1n) is 17.8. The first kappa shape index (κ1) is 45.6. The summed E-state index contributed by atoms with van der Waals surface area (Å²) in [5, 5.41) is 0. The number of unbranched alkanes of at least 4 members (excludes halogenated alkanes) is 5. The van der Waals surface area contributed by atoms with Crippen LogP contribution in [0.5, 0.6) is 0 Å². The van der Waals surface area contributed by atoms with Crippen LogP contribution in [-0.4, -0.2) is 95.6 Å². The quantitative estimate of drug-likeness (QED) is 0.0419. The van der Waals surface area contributed by atoms with Gasteiger partial charge >= 0.3 is 29.9 Å². The Hall–Kier alpha value is -1.42. The molecule has 0 radical (unpaired) electrons. The second-order valence-corrected chi connectivity index (χ2v) is 10.4. The molecule has 0 aliphatic heterocycles. The van der Waals surface area contributed by atoms with Crippen LogP contribution in [0, 0.1) is 0 Å². The van der Waals surface area contributed by atoms with Gasteiger partial charge in [-0.3, -0.25) is 9.59 Å². The zero-order valence-electron chi connectivity index (χ0n) is 30.8. The Kier molecular flexibility index (Phi) is 26.6. The number of carbonyl (C=O) groups excluding carboxylic acids is 2. The van der Waals surface area contributed by atoms with Crippen LogP contribution in [0.1, 0.15) is 127 Å². The minimum absolute atomic E-state index is 0.00739. The zero-order valence-corrected chi connectivity index (χ0v) is 30.8. The summed E-state index contributed by atoms with van der Waals surface area (Å²) in [6.45, 7) is 18.5. The molecule has 0 N–H and O–H groups in total. The monoisotopic (exact) mass is 682 g/mol. The van der Waals surface area contributed by atoms with Crippen molar-refractivity contribution in [2.24, 2.45) is 0 Å². The number of ether oxygens (including phenoxy) is 11. The molecule has 0 rings (SSSR count). The lowest BCUT2D eigenvalue weighted by Gasteiger charge is -2.44. The Labute approximate surface area is 283 Å². The molecule has 2 atom stereocenters. The molecule has 0 saturated carbocycles. The number of hydrogen-bond donors (Lipinski definition) is 0. The molecule has 0 bridgehead atoms.